The highest BCUT2D eigenvalue weighted by atomic mass is 16.5. The van der Waals surface area contributed by atoms with Crippen LogP contribution in [0.5, 0.6) is 0 Å². The topological polar surface area (TPSA) is 80.3 Å². The molecule has 1 aromatic heterocycles. The molecule has 0 bridgehead atoms. The van der Waals surface area contributed by atoms with Crippen LogP contribution < -0.4 is 0 Å². The van der Waals surface area contributed by atoms with Crippen LogP contribution in [0, 0.1) is 0 Å². The number of carbonyl (C=O) groups is 1. The van der Waals surface area contributed by atoms with Gasteiger partial charge in [-0.05, 0) is 12.8 Å². The molecule has 1 fully saturated rings. The minimum absolute atomic E-state index is 0.0357. The van der Waals surface area contributed by atoms with Gasteiger partial charge in [0.25, 0.3) is 5.91 Å². The fraction of sp³-hybridized carbons (Fsp3) is 0.688. The number of rotatable bonds is 2. The first-order valence-corrected chi connectivity index (χ1v) is 8.09. The third kappa shape index (κ3) is 3.55. The number of hydrogen-bond donors (Lipinski definition) is 1. The van der Waals surface area contributed by atoms with Gasteiger partial charge in [-0.15, -0.1) is 0 Å². The Labute approximate surface area is 136 Å². The molecule has 3 heterocycles. The Kier molecular flexibility index (Phi) is 4.39. The van der Waals surface area contributed by atoms with Crippen LogP contribution in [0.25, 0.3) is 0 Å². The molecule has 1 amide bonds. The van der Waals surface area contributed by atoms with E-state index in [1.165, 1.54) is 0 Å². The number of aromatic amines is 1. The number of nitrogens with one attached hydrogen (secondary N) is 1. The van der Waals surface area contributed by atoms with Gasteiger partial charge < -0.3 is 14.4 Å². The van der Waals surface area contributed by atoms with Crippen molar-refractivity contribution in [3.05, 3.63) is 23.5 Å². The Bertz CT molecular complexity index is 603. The third-order valence-electron chi connectivity index (χ3n) is 4.04. The van der Waals surface area contributed by atoms with E-state index in [1.54, 1.807) is 6.26 Å². The van der Waals surface area contributed by atoms with Gasteiger partial charge in [0.15, 0.2) is 11.6 Å². The van der Waals surface area contributed by atoms with Crippen molar-refractivity contribution < 1.29 is 14.3 Å². The SMILES string of the molecule is CC(C)(C)c1n[nH]c([C@@H]2CN(C(=O)C3=COCCC3)CCO2)n1. The summed E-state index contributed by atoms with van der Waals surface area (Å²) in [5.41, 5.74) is 0.619. The Morgan fingerprint density at radius 3 is 2.87 bits per heavy atom. The first-order valence-electron chi connectivity index (χ1n) is 8.09. The van der Waals surface area contributed by atoms with Crippen LogP contribution in [0.3, 0.4) is 0 Å². The van der Waals surface area contributed by atoms with Crippen LogP contribution in [-0.4, -0.2) is 52.3 Å². The van der Waals surface area contributed by atoms with Crippen molar-refractivity contribution >= 4 is 5.91 Å². The molecule has 1 atom stereocenters. The molecule has 0 unspecified atom stereocenters. The summed E-state index contributed by atoms with van der Waals surface area (Å²) in [6, 6.07) is 0. The molecule has 0 radical (unpaired) electrons. The highest BCUT2D eigenvalue weighted by Crippen LogP contribution is 2.24. The molecule has 0 saturated carbocycles. The van der Waals surface area contributed by atoms with E-state index >= 15 is 0 Å². The molecule has 2 aliphatic heterocycles. The van der Waals surface area contributed by atoms with E-state index in [0.717, 1.165) is 24.2 Å². The monoisotopic (exact) mass is 320 g/mol. The van der Waals surface area contributed by atoms with E-state index in [9.17, 15) is 4.79 Å². The van der Waals surface area contributed by atoms with Crippen molar-refractivity contribution in [3.63, 3.8) is 0 Å². The van der Waals surface area contributed by atoms with E-state index in [2.05, 4.69) is 36.0 Å². The average Bonchev–Trinajstić information content (AvgIpc) is 3.05. The largest absolute Gasteiger partial charge is 0.501 e. The predicted octanol–water partition coefficient (Wildman–Crippen LogP) is 1.70. The van der Waals surface area contributed by atoms with E-state index < -0.39 is 0 Å². The zero-order valence-electron chi connectivity index (χ0n) is 14.0. The van der Waals surface area contributed by atoms with Crippen molar-refractivity contribution in [2.75, 3.05) is 26.3 Å². The summed E-state index contributed by atoms with van der Waals surface area (Å²) in [5.74, 6) is 1.47. The van der Waals surface area contributed by atoms with Crippen molar-refractivity contribution in [2.45, 2.75) is 45.1 Å². The van der Waals surface area contributed by atoms with E-state index in [4.69, 9.17) is 9.47 Å². The number of hydrogen-bond acceptors (Lipinski definition) is 5. The summed E-state index contributed by atoms with van der Waals surface area (Å²) < 4.78 is 11.1. The molecule has 1 aromatic rings. The Morgan fingerprint density at radius 1 is 1.39 bits per heavy atom. The number of aromatic nitrogens is 3. The smallest absolute Gasteiger partial charge is 0.253 e. The van der Waals surface area contributed by atoms with Gasteiger partial charge in [0.05, 0.1) is 31.6 Å². The maximum absolute atomic E-state index is 12.6. The Morgan fingerprint density at radius 2 is 2.22 bits per heavy atom. The summed E-state index contributed by atoms with van der Waals surface area (Å²) in [7, 11) is 0. The lowest BCUT2D eigenvalue weighted by Crippen LogP contribution is -2.43. The van der Waals surface area contributed by atoms with Crippen molar-refractivity contribution in [1.29, 1.82) is 0 Å². The molecule has 7 heteroatoms. The fourth-order valence-corrected chi connectivity index (χ4v) is 2.68. The summed E-state index contributed by atoms with van der Waals surface area (Å²) in [5, 5.41) is 7.23. The second-order valence-electron chi connectivity index (χ2n) is 7.02. The maximum Gasteiger partial charge on any atom is 0.253 e. The van der Waals surface area contributed by atoms with Crippen molar-refractivity contribution in [1.82, 2.24) is 20.1 Å². The molecule has 2 aliphatic rings. The summed E-state index contributed by atoms with van der Waals surface area (Å²) in [6.45, 7) is 8.45. The second kappa shape index (κ2) is 6.31. The molecule has 0 aromatic carbocycles. The molecule has 1 saturated heterocycles. The second-order valence-corrected chi connectivity index (χ2v) is 7.02. The number of carbonyl (C=O) groups excluding carboxylic acids is 1. The molecule has 23 heavy (non-hydrogen) atoms. The van der Waals surface area contributed by atoms with Gasteiger partial charge in [0, 0.05) is 12.0 Å². The fourth-order valence-electron chi connectivity index (χ4n) is 2.68. The third-order valence-corrected chi connectivity index (χ3v) is 4.04. The number of morpholine rings is 1. The van der Waals surface area contributed by atoms with Crippen LogP contribution in [-0.2, 0) is 19.7 Å². The van der Waals surface area contributed by atoms with E-state index in [1.807, 2.05) is 4.90 Å². The van der Waals surface area contributed by atoms with Crippen LogP contribution in [0.15, 0.2) is 11.8 Å². The lowest BCUT2D eigenvalue weighted by molar-refractivity contribution is -0.135. The molecule has 3 rings (SSSR count). The standard InChI is InChI=1S/C16H24N4O3/c1-16(2,3)15-17-13(18-19-15)12-9-20(6-8-23-12)14(21)11-5-4-7-22-10-11/h10,12H,4-9H2,1-3H3,(H,17,18,19)/t12-/m0/s1. The van der Waals surface area contributed by atoms with Gasteiger partial charge >= 0.3 is 0 Å². The lowest BCUT2D eigenvalue weighted by Gasteiger charge is -2.32. The predicted molar refractivity (Wildman–Crippen MR) is 83.6 cm³/mol. The van der Waals surface area contributed by atoms with Gasteiger partial charge in [0.2, 0.25) is 0 Å². The lowest BCUT2D eigenvalue weighted by atomic mass is 9.96. The maximum atomic E-state index is 12.6. The van der Waals surface area contributed by atoms with E-state index in [-0.39, 0.29) is 17.4 Å². The molecule has 1 N–H and O–H groups in total. The van der Waals surface area contributed by atoms with Crippen LogP contribution >= 0.6 is 0 Å². The average molecular weight is 320 g/mol. The van der Waals surface area contributed by atoms with Gasteiger partial charge in [-0.1, -0.05) is 20.8 Å². The summed E-state index contributed by atoms with van der Waals surface area (Å²) in [4.78, 5) is 18.9. The van der Waals surface area contributed by atoms with Crippen LogP contribution in [0.4, 0.5) is 0 Å². The van der Waals surface area contributed by atoms with Crippen molar-refractivity contribution in [2.24, 2.45) is 0 Å². The van der Waals surface area contributed by atoms with Crippen LogP contribution in [0.2, 0.25) is 0 Å². The minimum Gasteiger partial charge on any atom is -0.501 e. The number of amides is 1. The first-order chi connectivity index (χ1) is 10.9. The highest BCUT2D eigenvalue weighted by molar-refractivity contribution is 5.93. The zero-order chi connectivity index (χ0) is 16.4. The Balaban J connectivity index is 1.69. The van der Waals surface area contributed by atoms with Gasteiger partial charge in [0.1, 0.15) is 6.10 Å². The first kappa shape index (κ1) is 16.0. The molecule has 126 valence electrons. The zero-order valence-corrected chi connectivity index (χ0v) is 14.0. The number of nitrogens with zero attached hydrogens (tertiary/aromatic N) is 3. The molecule has 7 nitrogen and oxygen atoms in total. The quantitative estimate of drug-likeness (QED) is 0.897. The van der Waals surface area contributed by atoms with Gasteiger partial charge in [-0.25, -0.2) is 4.98 Å². The Hall–Kier alpha value is -1.89. The van der Waals surface area contributed by atoms with Gasteiger partial charge in [-0.3, -0.25) is 9.89 Å². The van der Waals surface area contributed by atoms with E-state index in [0.29, 0.717) is 32.1 Å². The molecular formula is C16H24N4O3. The minimum atomic E-state index is -0.263. The van der Waals surface area contributed by atoms with Gasteiger partial charge in [-0.2, -0.15) is 5.10 Å². The molecule has 0 aliphatic carbocycles. The molecular weight excluding hydrogens is 296 g/mol. The number of H-pyrrole nitrogens is 1. The summed E-state index contributed by atoms with van der Waals surface area (Å²) >= 11 is 0. The highest BCUT2D eigenvalue weighted by Gasteiger charge is 2.30. The van der Waals surface area contributed by atoms with Crippen LogP contribution in [0.1, 0.15) is 51.4 Å². The van der Waals surface area contributed by atoms with Crippen molar-refractivity contribution in [3.8, 4) is 0 Å². The molecule has 0 spiro atoms. The summed E-state index contributed by atoms with van der Waals surface area (Å²) in [6.07, 6.45) is 3.00. The number of ether oxygens (including phenoxy) is 2. The normalized spacial score (nSPS) is 22.5.